The molecule has 0 aliphatic carbocycles. The molecule has 0 fully saturated rings. The lowest BCUT2D eigenvalue weighted by atomic mass is 10.0. The highest BCUT2D eigenvalue weighted by atomic mass is 16.5. The van der Waals surface area contributed by atoms with Gasteiger partial charge in [0, 0.05) is 20.5 Å². The fraction of sp³-hybridized carbons (Fsp3) is 0.294. The number of ether oxygens (including phenoxy) is 1. The molecule has 3 heteroatoms. The van der Waals surface area contributed by atoms with E-state index in [-0.39, 0.29) is 0 Å². The Morgan fingerprint density at radius 1 is 1.10 bits per heavy atom. The summed E-state index contributed by atoms with van der Waals surface area (Å²) in [5.74, 6) is 0.922. The molecule has 2 aromatic rings. The maximum Gasteiger partial charge on any atom is 0.122 e. The van der Waals surface area contributed by atoms with E-state index in [0.29, 0.717) is 0 Å². The van der Waals surface area contributed by atoms with Crippen LogP contribution < -0.4 is 15.4 Å². The first-order chi connectivity index (χ1) is 9.51. The molecule has 0 radical (unpaired) electrons. The molecule has 0 amide bonds. The SMILES string of the molecule is COc1ccc(C)cc1Cc1ccc(N(C)C)c(N)c1. The van der Waals surface area contributed by atoms with Crippen LogP contribution in [0.4, 0.5) is 11.4 Å². The van der Waals surface area contributed by atoms with E-state index in [0.717, 1.165) is 23.5 Å². The van der Waals surface area contributed by atoms with E-state index in [2.05, 4.69) is 31.2 Å². The number of hydrogen-bond acceptors (Lipinski definition) is 3. The molecule has 0 aliphatic heterocycles. The standard InChI is InChI=1S/C17H22N2O/c1-12-5-8-17(20-4)14(9-12)10-13-6-7-16(19(2)3)15(18)11-13/h5-9,11H,10,18H2,1-4H3. The van der Waals surface area contributed by atoms with Crippen LogP contribution in [0.5, 0.6) is 5.75 Å². The maximum absolute atomic E-state index is 6.10. The molecule has 0 saturated heterocycles. The number of hydrogen-bond donors (Lipinski definition) is 1. The molecule has 3 nitrogen and oxygen atoms in total. The first-order valence-electron chi connectivity index (χ1n) is 6.70. The summed E-state index contributed by atoms with van der Waals surface area (Å²) in [6, 6.07) is 12.5. The Balaban J connectivity index is 2.31. The quantitative estimate of drug-likeness (QED) is 0.867. The van der Waals surface area contributed by atoms with Gasteiger partial charge in [-0.25, -0.2) is 0 Å². The third kappa shape index (κ3) is 3.05. The molecule has 0 bridgehead atoms. The predicted octanol–water partition coefficient (Wildman–Crippen LogP) is 3.24. The molecular formula is C17H22N2O. The van der Waals surface area contributed by atoms with Gasteiger partial charge in [0.05, 0.1) is 18.5 Å². The lowest BCUT2D eigenvalue weighted by Crippen LogP contribution is -2.11. The Bertz CT molecular complexity index is 606. The van der Waals surface area contributed by atoms with Crippen molar-refractivity contribution in [2.75, 3.05) is 31.8 Å². The number of anilines is 2. The Kier molecular flexibility index (Phi) is 4.18. The summed E-state index contributed by atoms with van der Waals surface area (Å²) in [5.41, 5.74) is 11.6. The maximum atomic E-state index is 6.10. The van der Waals surface area contributed by atoms with Crippen molar-refractivity contribution in [1.29, 1.82) is 0 Å². The largest absolute Gasteiger partial charge is 0.496 e. The van der Waals surface area contributed by atoms with Crippen LogP contribution >= 0.6 is 0 Å². The van der Waals surface area contributed by atoms with Crippen molar-refractivity contribution < 1.29 is 4.74 Å². The van der Waals surface area contributed by atoms with Gasteiger partial charge in [-0.15, -0.1) is 0 Å². The number of aryl methyl sites for hydroxylation is 1. The number of nitrogens with zero attached hydrogens (tertiary/aromatic N) is 1. The van der Waals surface area contributed by atoms with Crippen molar-refractivity contribution in [2.24, 2.45) is 0 Å². The zero-order valence-corrected chi connectivity index (χ0v) is 12.6. The topological polar surface area (TPSA) is 38.5 Å². The number of rotatable bonds is 4. The van der Waals surface area contributed by atoms with Crippen LogP contribution in [0.3, 0.4) is 0 Å². The Morgan fingerprint density at radius 2 is 1.85 bits per heavy atom. The van der Waals surface area contributed by atoms with Gasteiger partial charge >= 0.3 is 0 Å². The monoisotopic (exact) mass is 270 g/mol. The minimum atomic E-state index is 0.805. The second-order valence-corrected chi connectivity index (χ2v) is 5.28. The predicted molar refractivity (Wildman–Crippen MR) is 85.7 cm³/mol. The van der Waals surface area contributed by atoms with Gasteiger partial charge in [-0.05, 0) is 36.2 Å². The molecule has 0 saturated carbocycles. The van der Waals surface area contributed by atoms with E-state index >= 15 is 0 Å². The summed E-state index contributed by atoms with van der Waals surface area (Å²) < 4.78 is 5.43. The third-order valence-corrected chi connectivity index (χ3v) is 3.40. The smallest absolute Gasteiger partial charge is 0.122 e. The van der Waals surface area contributed by atoms with E-state index in [9.17, 15) is 0 Å². The Hall–Kier alpha value is -2.16. The average Bonchev–Trinajstić information content (AvgIpc) is 2.38. The third-order valence-electron chi connectivity index (χ3n) is 3.40. The van der Waals surface area contributed by atoms with Crippen molar-refractivity contribution in [3.8, 4) is 5.75 Å². The van der Waals surface area contributed by atoms with Gasteiger partial charge in [-0.2, -0.15) is 0 Å². The molecule has 20 heavy (non-hydrogen) atoms. The Labute approximate surface area is 121 Å². The van der Waals surface area contributed by atoms with E-state index in [1.165, 1.54) is 16.7 Å². The summed E-state index contributed by atoms with van der Waals surface area (Å²) in [6.45, 7) is 2.09. The summed E-state index contributed by atoms with van der Waals surface area (Å²) in [7, 11) is 5.70. The first kappa shape index (κ1) is 14.3. The van der Waals surface area contributed by atoms with Crippen molar-refractivity contribution in [2.45, 2.75) is 13.3 Å². The van der Waals surface area contributed by atoms with E-state index in [4.69, 9.17) is 10.5 Å². The second-order valence-electron chi connectivity index (χ2n) is 5.28. The van der Waals surface area contributed by atoms with Gasteiger partial charge < -0.3 is 15.4 Å². The van der Waals surface area contributed by atoms with Crippen molar-refractivity contribution in [3.05, 3.63) is 53.1 Å². The molecule has 0 heterocycles. The zero-order chi connectivity index (χ0) is 14.7. The van der Waals surface area contributed by atoms with Gasteiger partial charge in [-0.3, -0.25) is 0 Å². The van der Waals surface area contributed by atoms with Crippen molar-refractivity contribution >= 4 is 11.4 Å². The molecule has 2 N–H and O–H groups in total. The summed E-state index contributed by atoms with van der Waals surface area (Å²) >= 11 is 0. The van der Waals surface area contributed by atoms with Crippen LogP contribution in [-0.2, 0) is 6.42 Å². The average molecular weight is 270 g/mol. The van der Waals surface area contributed by atoms with Crippen LogP contribution in [0.25, 0.3) is 0 Å². The number of nitrogen functional groups attached to an aromatic ring is 1. The van der Waals surface area contributed by atoms with Crippen molar-refractivity contribution in [1.82, 2.24) is 0 Å². The highest BCUT2D eigenvalue weighted by Gasteiger charge is 2.07. The van der Waals surface area contributed by atoms with Gasteiger partial charge in [0.25, 0.3) is 0 Å². The summed E-state index contributed by atoms with van der Waals surface area (Å²) in [6.07, 6.45) is 0.822. The minimum absolute atomic E-state index is 0.805. The number of benzene rings is 2. The molecule has 0 aromatic heterocycles. The molecule has 0 aliphatic rings. The second kappa shape index (κ2) is 5.87. The fourth-order valence-electron chi connectivity index (χ4n) is 2.39. The van der Waals surface area contributed by atoms with Crippen LogP contribution in [0.2, 0.25) is 0 Å². The normalized spacial score (nSPS) is 10.4. The number of nitrogens with two attached hydrogens (primary N) is 1. The lowest BCUT2D eigenvalue weighted by Gasteiger charge is -2.16. The van der Waals surface area contributed by atoms with Gasteiger partial charge in [0.15, 0.2) is 0 Å². The fourth-order valence-corrected chi connectivity index (χ4v) is 2.39. The zero-order valence-electron chi connectivity index (χ0n) is 12.6. The van der Waals surface area contributed by atoms with Crippen LogP contribution in [-0.4, -0.2) is 21.2 Å². The molecule has 0 atom stereocenters. The van der Waals surface area contributed by atoms with E-state index in [1.54, 1.807) is 7.11 Å². The molecular weight excluding hydrogens is 248 g/mol. The van der Waals surface area contributed by atoms with Crippen molar-refractivity contribution in [3.63, 3.8) is 0 Å². The Morgan fingerprint density at radius 3 is 2.45 bits per heavy atom. The lowest BCUT2D eigenvalue weighted by molar-refractivity contribution is 0.410. The number of methoxy groups -OCH3 is 1. The van der Waals surface area contributed by atoms with E-state index in [1.807, 2.05) is 31.1 Å². The molecule has 106 valence electrons. The highest BCUT2D eigenvalue weighted by molar-refractivity contribution is 5.68. The first-order valence-corrected chi connectivity index (χ1v) is 6.70. The molecule has 2 rings (SSSR count). The van der Waals surface area contributed by atoms with Crippen LogP contribution in [0.15, 0.2) is 36.4 Å². The molecule has 0 spiro atoms. The van der Waals surface area contributed by atoms with Gasteiger partial charge in [0.2, 0.25) is 0 Å². The van der Waals surface area contributed by atoms with Gasteiger partial charge in [-0.1, -0.05) is 23.8 Å². The van der Waals surface area contributed by atoms with Gasteiger partial charge in [0.1, 0.15) is 5.75 Å². The van der Waals surface area contributed by atoms with Crippen LogP contribution in [0, 0.1) is 6.92 Å². The molecule has 0 unspecified atom stereocenters. The minimum Gasteiger partial charge on any atom is -0.496 e. The summed E-state index contributed by atoms with van der Waals surface area (Å²) in [4.78, 5) is 2.02. The summed E-state index contributed by atoms with van der Waals surface area (Å²) in [5, 5.41) is 0. The highest BCUT2D eigenvalue weighted by Crippen LogP contribution is 2.27. The van der Waals surface area contributed by atoms with Crippen LogP contribution in [0.1, 0.15) is 16.7 Å². The molecule has 2 aromatic carbocycles. The van der Waals surface area contributed by atoms with E-state index < -0.39 is 0 Å².